The number of hydrogen-bond donors (Lipinski definition) is 2. The molecule has 136 valence electrons. The van der Waals surface area contributed by atoms with Crippen LogP contribution >= 0.6 is 0 Å². The minimum Gasteiger partial charge on any atom is -0.465 e. The van der Waals surface area contributed by atoms with Gasteiger partial charge in [0.15, 0.2) is 0 Å². The number of benzene rings is 1. The van der Waals surface area contributed by atoms with Crippen molar-refractivity contribution in [2.45, 2.75) is 45.4 Å². The molecule has 2 N–H and O–H groups in total. The third kappa shape index (κ3) is 3.71. The first-order valence-corrected chi connectivity index (χ1v) is 8.57. The van der Waals surface area contributed by atoms with Crippen LogP contribution in [0.2, 0.25) is 0 Å². The Bertz CT molecular complexity index is 683. The van der Waals surface area contributed by atoms with E-state index >= 15 is 0 Å². The van der Waals surface area contributed by atoms with E-state index in [4.69, 9.17) is 4.74 Å². The molecule has 1 aromatic rings. The SMILES string of the molecule is CC(C)(C)N(C[C@H]1CN(c2ccc3c(c2)CCNC3)C(=O)O1)C(=O)O. The lowest BCUT2D eigenvalue weighted by Crippen LogP contribution is -2.49. The summed E-state index contributed by atoms with van der Waals surface area (Å²) in [6, 6.07) is 6.00. The molecule has 1 aromatic carbocycles. The average Bonchev–Trinajstić information content (AvgIpc) is 2.91. The second kappa shape index (κ2) is 6.55. The minimum absolute atomic E-state index is 0.163. The zero-order valence-corrected chi connectivity index (χ0v) is 14.9. The highest BCUT2D eigenvalue weighted by Crippen LogP contribution is 2.27. The fraction of sp³-hybridized carbons (Fsp3) is 0.556. The predicted octanol–water partition coefficient (Wildman–Crippen LogP) is 2.44. The Hall–Kier alpha value is -2.28. The van der Waals surface area contributed by atoms with Gasteiger partial charge in [0.05, 0.1) is 13.1 Å². The number of nitrogens with zero attached hydrogens (tertiary/aromatic N) is 2. The molecule has 0 radical (unpaired) electrons. The van der Waals surface area contributed by atoms with E-state index in [1.807, 2.05) is 39.0 Å². The van der Waals surface area contributed by atoms with Crippen LogP contribution in [-0.4, -0.2) is 53.5 Å². The lowest BCUT2D eigenvalue weighted by atomic mass is 10.00. The maximum absolute atomic E-state index is 12.3. The van der Waals surface area contributed by atoms with Gasteiger partial charge in [-0.05, 0) is 57.0 Å². The van der Waals surface area contributed by atoms with Crippen LogP contribution in [0.5, 0.6) is 0 Å². The Kier molecular flexibility index (Phi) is 4.60. The highest BCUT2D eigenvalue weighted by molar-refractivity contribution is 5.90. The number of carboxylic acid groups (broad SMARTS) is 1. The summed E-state index contributed by atoms with van der Waals surface area (Å²) >= 11 is 0. The van der Waals surface area contributed by atoms with Crippen molar-refractivity contribution in [1.82, 2.24) is 10.2 Å². The van der Waals surface area contributed by atoms with E-state index in [1.54, 1.807) is 4.90 Å². The van der Waals surface area contributed by atoms with Crippen LogP contribution in [0.1, 0.15) is 31.9 Å². The second-order valence-electron chi connectivity index (χ2n) is 7.56. The second-order valence-corrected chi connectivity index (χ2v) is 7.56. The molecule has 1 atom stereocenters. The maximum Gasteiger partial charge on any atom is 0.414 e. The zero-order valence-electron chi connectivity index (χ0n) is 14.9. The van der Waals surface area contributed by atoms with Gasteiger partial charge >= 0.3 is 12.2 Å². The molecule has 1 fully saturated rings. The first-order chi connectivity index (χ1) is 11.8. The molecule has 7 heteroatoms. The molecule has 0 aromatic heterocycles. The van der Waals surface area contributed by atoms with Gasteiger partial charge in [0.25, 0.3) is 0 Å². The fourth-order valence-electron chi connectivity index (χ4n) is 3.30. The molecule has 7 nitrogen and oxygen atoms in total. The van der Waals surface area contributed by atoms with E-state index in [9.17, 15) is 14.7 Å². The summed E-state index contributed by atoms with van der Waals surface area (Å²) in [6.07, 6.45) is -0.964. The third-order valence-electron chi connectivity index (χ3n) is 4.69. The lowest BCUT2D eigenvalue weighted by molar-refractivity contribution is 0.0605. The van der Waals surface area contributed by atoms with E-state index in [1.165, 1.54) is 16.0 Å². The highest BCUT2D eigenvalue weighted by atomic mass is 16.6. The molecular formula is C18H25N3O4. The van der Waals surface area contributed by atoms with E-state index in [0.717, 1.165) is 25.2 Å². The molecular weight excluding hydrogens is 322 g/mol. The highest BCUT2D eigenvalue weighted by Gasteiger charge is 2.37. The summed E-state index contributed by atoms with van der Waals surface area (Å²) in [4.78, 5) is 26.7. The lowest BCUT2D eigenvalue weighted by Gasteiger charge is -2.34. The standard InChI is InChI=1S/C18H25N3O4/c1-18(2,3)21(16(22)23)11-15-10-20(17(24)25-15)14-5-4-13-9-19-7-6-12(13)8-14/h4-5,8,15,19H,6-7,9-11H2,1-3H3,(H,22,23)/t15-/m1/s1. The normalized spacial score (nSPS) is 20.2. The van der Waals surface area contributed by atoms with Crippen LogP contribution in [0.3, 0.4) is 0 Å². The number of hydrogen-bond acceptors (Lipinski definition) is 4. The molecule has 1 saturated heterocycles. The first kappa shape index (κ1) is 17.5. The number of nitrogens with one attached hydrogen (secondary N) is 1. The van der Waals surface area contributed by atoms with Crippen LogP contribution in [0, 0.1) is 0 Å². The van der Waals surface area contributed by atoms with Crippen LogP contribution < -0.4 is 10.2 Å². The number of carbonyl (C=O) groups is 2. The summed E-state index contributed by atoms with van der Waals surface area (Å²) in [5.74, 6) is 0. The number of amides is 2. The van der Waals surface area contributed by atoms with Gasteiger partial charge < -0.3 is 15.2 Å². The number of cyclic esters (lactones) is 1. The van der Waals surface area contributed by atoms with Crippen molar-refractivity contribution in [3.05, 3.63) is 29.3 Å². The fourth-order valence-corrected chi connectivity index (χ4v) is 3.30. The largest absolute Gasteiger partial charge is 0.465 e. The topological polar surface area (TPSA) is 82.1 Å². The van der Waals surface area contributed by atoms with Gasteiger partial charge in [-0.2, -0.15) is 0 Å². The van der Waals surface area contributed by atoms with Crippen molar-refractivity contribution in [1.29, 1.82) is 0 Å². The molecule has 25 heavy (non-hydrogen) atoms. The molecule has 0 aliphatic carbocycles. The van der Waals surface area contributed by atoms with E-state index < -0.39 is 23.8 Å². The van der Waals surface area contributed by atoms with Gasteiger partial charge in [-0.1, -0.05) is 6.07 Å². The summed E-state index contributed by atoms with van der Waals surface area (Å²) in [5.41, 5.74) is 2.76. The Morgan fingerprint density at radius 3 is 2.84 bits per heavy atom. The number of fused-ring (bicyclic) bond motifs is 1. The Morgan fingerprint density at radius 2 is 2.16 bits per heavy atom. The van der Waals surface area contributed by atoms with Crippen LogP contribution in [-0.2, 0) is 17.7 Å². The van der Waals surface area contributed by atoms with Gasteiger partial charge in [-0.3, -0.25) is 9.80 Å². The van der Waals surface area contributed by atoms with Crippen LogP contribution in [0.15, 0.2) is 18.2 Å². The number of anilines is 1. The van der Waals surface area contributed by atoms with E-state index in [2.05, 4.69) is 5.32 Å². The van der Waals surface area contributed by atoms with Gasteiger partial charge in [0.2, 0.25) is 0 Å². The molecule has 0 saturated carbocycles. The van der Waals surface area contributed by atoms with Crippen LogP contribution in [0.25, 0.3) is 0 Å². The number of carbonyl (C=O) groups excluding carboxylic acids is 1. The maximum atomic E-state index is 12.3. The zero-order chi connectivity index (χ0) is 18.2. The third-order valence-corrected chi connectivity index (χ3v) is 4.69. The molecule has 0 bridgehead atoms. The molecule has 2 heterocycles. The quantitative estimate of drug-likeness (QED) is 0.878. The Morgan fingerprint density at radius 1 is 1.40 bits per heavy atom. The molecule has 3 rings (SSSR count). The monoisotopic (exact) mass is 347 g/mol. The average molecular weight is 347 g/mol. The van der Waals surface area contributed by atoms with Gasteiger partial charge in [0.1, 0.15) is 6.10 Å². The smallest absolute Gasteiger partial charge is 0.414 e. The number of rotatable bonds is 3. The predicted molar refractivity (Wildman–Crippen MR) is 94.0 cm³/mol. The van der Waals surface area contributed by atoms with E-state index in [0.29, 0.717) is 6.54 Å². The Balaban J connectivity index is 1.73. The Labute approximate surface area is 147 Å². The van der Waals surface area contributed by atoms with Crippen molar-refractivity contribution in [2.24, 2.45) is 0 Å². The number of ether oxygens (including phenoxy) is 1. The van der Waals surface area contributed by atoms with Crippen molar-refractivity contribution in [3.63, 3.8) is 0 Å². The van der Waals surface area contributed by atoms with Gasteiger partial charge in [0, 0.05) is 17.8 Å². The first-order valence-electron chi connectivity index (χ1n) is 8.57. The molecule has 0 spiro atoms. The van der Waals surface area contributed by atoms with Crippen molar-refractivity contribution < 1.29 is 19.4 Å². The molecule has 2 aliphatic rings. The molecule has 2 aliphatic heterocycles. The molecule has 0 unspecified atom stereocenters. The summed E-state index contributed by atoms with van der Waals surface area (Å²) < 4.78 is 5.42. The summed E-state index contributed by atoms with van der Waals surface area (Å²) in [5, 5.41) is 12.7. The summed E-state index contributed by atoms with van der Waals surface area (Å²) in [7, 11) is 0. The van der Waals surface area contributed by atoms with Gasteiger partial charge in [-0.15, -0.1) is 0 Å². The van der Waals surface area contributed by atoms with Crippen molar-refractivity contribution in [3.8, 4) is 0 Å². The minimum atomic E-state index is -1.01. The molecule has 2 amide bonds. The van der Waals surface area contributed by atoms with Crippen LogP contribution in [0.4, 0.5) is 15.3 Å². The van der Waals surface area contributed by atoms with E-state index in [-0.39, 0.29) is 6.54 Å². The van der Waals surface area contributed by atoms with Crippen molar-refractivity contribution >= 4 is 17.9 Å². The summed E-state index contributed by atoms with van der Waals surface area (Å²) in [6.45, 7) is 7.78. The van der Waals surface area contributed by atoms with Crippen molar-refractivity contribution in [2.75, 3.05) is 24.5 Å². The van der Waals surface area contributed by atoms with Gasteiger partial charge in [-0.25, -0.2) is 9.59 Å².